The number of anilines is 1. The fourth-order valence-corrected chi connectivity index (χ4v) is 4.95. The number of halogens is 1. The van der Waals surface area contributed by atoms with E-state index in [1.165, 1.54) is 38.4 Å². The van der Waals surface area contributed by atoms with Gasteiger partial charge in [-0.25, -0.2) is 0 Å². The Balaban J connectivity index is 2.05. The number of nitrogens with zero attached hydrogens (tertiary/aromatic N) is 1. The maximum absolute atomic E-state index is 13.7. The number of benzene rings is 3. The molecule has 1 aliphatic rings. The highest BCUT2D eigenvalue weighted by atomic mass is 35.5. The monoisotopic (exact) mass is 551 g/mol. The number of aliphatic hydroxyl groups is 1. The number of hydrogen-bond acceptors (Lipinski definition) is 7. The predicted octanol–water partition coefficient (Wildman–Crippen LogP) is 6.01. The van der Waals surface area contributed by atoms with Crippen molar-refractivity contribution >= 4 is 34.7 Å². The van der Waals surface area contributed by atoms with Crippen LogP contribution in [0, 0.1) is 13.8 Å². The Kier molecular flexibility index (Phi) is 8.06. The summed E-state index contributed by atoms with van der Waals surface area (Å²) in [6.07, 6.45) is 0. The van der Waals surface area contributed by atoms with Gasteiger partial charge in [0.05, 0.1) is 50.1 Å². The van der Waals surface area contributed by atoms with Crippen LogP contribution in [-0.2, 0) is 9.59 Å². The van der Waals surface area contributed by atoms with E-state index in [4.69, 9.17) is 30.5 Å². The molecule has 1 heterocycles. The minimum atomic E-state index is -0.984. The zero-order valence-corrected chi connectivity index (χ0v) is 23.4. The molecule has 4 rings (SSSR count). The summed E-state index contributed by atoms with van der Waals surface area (Å²) < 4.78 is 22.0. The van der Waals surface area contributed by atoms with Crippen LogP contribution in [0.2, 0.25) is 5.02 Å². The number of methoxy groups -OCH3 is 3. The number of Topliss-reactive ketones (excluding diaryl/α,β-unsaturated/α-hetero) is 1. The normalized spacial score (nSPS) is 16.4. The average Bonchev–Trinajstić information content (AvgIpc) is 3.19. The zero-order chi connectivity index (χ0) is 28.4. The molecule has 1 saturated heterocycles. The molecular formula is C30H30ClNO7. The van der Waals surface area contributed by atoms with Gasteiger partial charge in [0.25, 0.3) is 11.7 Å². The minimum Gasteiger partial charge on any atom is -0.507 e. The molecular weight excluding hydrogens is 522 g/mol. The van der Waals surface area contributed by atoms with Crippen LogP contribution in [0.1, 0.15) is 35.2 Å². The van der Waals surface area contributed by atoms with Crippen molar-refractivity contribution in [3.63, 3.8) is 0 Å². The van der Waals surface area contributed by atoms with Crippen LogP contribution in [0.15, 0.2) is 54.1 Å². The molecule has 204 valence electrons. The molecule has 0 aliphatic carbocycles. The van der Waals surface area contributed by atoms with E-state index in [-0.39, 0.29) is 27.7 Å². The molecule has 9 heteroatoms. The third-order valence-corrected chi connectivity index (χ3v) is 7.11. The van der Waals surface area contributed by atoms with Gasteiger partial charge in [-0.05, 0) is 61.7 Å². The molecule has 1 aliphatic heterocycles. The van der Waals surface area contributed by atoms with E-state index < -0.39 is 23.5 Å². The van der Waals surface area contributed by atoms with Crippen molar-refractivity contribution < 1.29 is 33.6 Å². The van der Waals surface area contributed by atoms with Crippen LogP contribution in [0.5, 0.6) is 23.0 Å². The van der Waals surface area contributed by atoms with Gasteiger partial charge in [-0.15, -0.1) is 0 Å². The fourth-order valence-electron chi connectivity index (χ4n) is 4.72. The third-order valence-electron chi connectivity index (χ3n) is 6.81. The molecule has 1 atom stereocenters. The highest BCUT2D eigenvalue weighted by molar-refractivity contribution is 6.52. The maximum atomic E-state index is 13.7. The number of aryl methyl sites for hydroxylation is 1. The Morgan fingerprint density at radius 1 is 0.923 bits per heavy atom. The first-order chi connectivity index (χ1) is 18.7. The summed E-state index contributed by atoms with van der Waals surface area (Å²) in [5.41, 5.74) is 2.91. The van der Waals surface area contributed by atoms with E-state index in [2.05, 4.69) is 0 Å². The van der Waals surface area contributed by atoms with Gasteiger partial charge in [0.2, 0.25) is 0 Å². The van der Waals surface area contributed by atoms with E-state index in [0.717, 1.165) is 11.1 Å². The standard InChI is InChI=1S/C30H30ClNO7/c1-7-39-25-13-18(11-12-22(25)36-4)27-26(28(33)19-14-24(38-6)20(31)15-23(19)37-5)29(34)30(35)32(27)21-10-8-9-16(2)17(21)3/h8-15,27,33H,7H2,1-6H3/b28-26+. The van der Waals surface area contributed by atoms with Crippen molar-refractivity contribution in [2.24, 2.45) is 0 Å². The summed E-state index contributed by atoms with van der Waals surface area (Å²) >= 11 is 6.27. The van der Waals surface area contributed by atoms with E-state index in [9.17, 15) is 14.7 Å². The molecule has 0 radical (unpaired) electrons. The Morgan fingerprint density at radius 3 is 2.26 bits per heavy atom. The number of hydrogen-bond donors (Lipinski definition) is 1. The summed E-state index contributed by atoms with van der Waals surface area (Å²) in [5.74, 6) is -0.635. The molecule has 39 heavy (non-hydrogen) atoms. The van der Waals surface area contributed by atoms with Gasteiger partial charge in [-0.1, -0.05) is 29.8 Å². The molecule has 0 bridgehead atoms. The first-order valence-corrected chi connectivity index (χ1v) is 12.7. The number of ketones is 1. The fraction of sp³-hybridized carbons (Fsp3) is 0.267. The molecule has 1 unspecified atom stereocenters. The average molecular weight is 552 g/mol. The van der Waals surface area contributed by atoms with E-state index in [0.29, 0.717) is 29.4 Å². The van der Waals surface area contributed by atoms with Gasteiger partial charge < -0.3 is 24.1 Å². The van der Waals surface area contributed by atoms with Crippen LogP contribution < -0.4 is 23.8 Å². The van der Waals surface area contributed by atoms with Crippen LogP contribution in [-0.4, -0.2) is 44.7 Å². The molecule has 1 amide bonds. The second kappa shape index (κ2) is 11.3. The smallest absolute Gasteiger partial charge is 0.300 e. The van der Waals surface area contributed by atoms with Crippen molar-refractivity contribution in [1.82, 2.24) is 0 Å². The molecule has 3 aromatic rings. The van der Waals surface area contributed by atoms with Gasteiger partial charge in [0.1, 0.15) is 17.3 Å². The van der Waals surface area contributed by atoms with Gasteiger partial charge in [0, 0.05) is 11.8 Å². The summed E-state index contributed by atoms with van der Waals surface area (Å²) in [6, 6.07) is 12.6. The van der Waals surface area contributed by atoms with Gasteiger partial charge in [0.15, 0.2) is 11.5 Å². The Hall–Kier alpha value is -4.17. The third kappa shape index (κ3) is 4.88. The molecule has 3 aromatic carbocycles. The number of carbonyl (C=O) groups excluding carboxylic acids is 2. The van der Waals surface area contributed by atoms with Gasteiger partial charge >= 0.3 is 0 Å². The summed E-state index contributed by atoms with van der Waals surface area (Å²) in [5, 5.41) is 11.9. The highest BCUT2D eigenvalue weighted by Crippen LogP contribution is 2.47. The minimum absolute atomic E-state index is 0.115. The molecule has 8 nitrogen and oxygen atoms in total. The van der Waals surface area contributed by atoms with Crippen LogP contribution in [0.4, 0.5) is 5.69 Å². The van der Waals surface area contributed by atoms with Crippen molar-refractivity contribution in [2.45, 2.75) is 26.8 Å². The van der Waals surface area contributed by atoms with Gasteiger partial charge in [-0.2, -0.15) is 0 Å². The molecule has 0 aromatic heterocycles. The highest BCUT2D eigenvalue weighted by Gasteiger charge is 2.48. The molecule has 1 N–H and O–H groups in total. The maximum Gasteiger partial charge on any atom is 0.300 e. The Morgan fingerprint density at radius 2 is 1.62 bits per heavy atom. The number of rotatable bonds is 8. The summed E-state index contributed by atoms with van der Waals surface area (Å²) in [4.78, 5) is 28.7. The van der Waals surface area contributed by atoms with Crippen LogP contribution in [0.25, 0.3) is 5.76 Å². The van der Waals surface area contributed by atoms with E-state index in [1.807, 2.05) is 32.9 Å². The number of carbonyl (C=O) groups is 2. The Bertz CT molecular complexity index is 1480. The summed E-state index contributed by atoms with van der Waals surface area (Å²) in [7, 11) is 4.38. The molecule has 0 saturated carbocycles. The lowest BCUT2D eigenvalue weighted by atomic mass is 9.94. The van der Waals surface area contributed by atoms with Gasteiger partial charge in [-0.3, -0.25) is 14.5 Å². The number of amides is 1. The topological polar surface area (TPSA) is 94.5 Å². The first-order valence-electron chi connectivity index (χ1n) is 12.3. The van der Waals surface area contributed by atoms with Crippen LogP contribution >= 0.6 is 11.6 Å². The number of aliphatic hydroxyl groups excluding tert-OH is 1. The predicted molar refractivity (Wildman–Crippen MR) is 149 cm³/mol. The summed E-state index contributed by atoms with van der Waals surface area (Å²) in [6.45, 7) is 6.02. The van der Waals surface area contributed by atoms with E-state index in [1.54, 1.807) is 24.3 Å². The lowest BCUT2D eigenvalue weighted by molar-refractivity contribution is -0.132. The SMILES string of the molecule is CCOc1cc(C2/C(=C(\O)c3cc(OC)c(Cl)cc3OC)C(=O)C(=O)N2c2cccc(C)c2C)ccc1OC. The molecule has 0 spiro atoms. The lowest BCUT2D eigenvalue weighted by Crippen LogP contribution is -2.30. The zero-order valence-electron chi connectivity index (χ0n) is 22.6. The second-order valence-corrected chi connectivity index (χ2v) is 9.33. The largest absolute Gasteiger partial charge is 0.507 e. The quantitative estimate of drug-likeness (QED) is 0.208. The van der Waals surface area contributed by atoms with Crippen molar-refractivity contribution in [3.05, 3.63) is 81.4 Å². The second-order valence-electron chi connectivity index (χ2n) is 8.92. The Labute approximate surface area is 232 Å². The number of ether oxygens (including phenoxy) is 4. The van der Waals surface area contributed by atoms with Crippen molar-refractivity contribution in [3.8, 4) is 23.0 Å². The lowest BCUT2D eigenvalue weighted by Gasteiger charge is -2.28. The van der Waals surface area contributed by atoms with Crippen molar-refractivity contribution in [1.29, 1.82) is 0 Å². The van der Waals surface area contributed by atoms with Crippen LogP contribution in [0.3, 0.4) is 0 Å². The molecule has 1 fully saturated rings. The van der Waals surface area contributed by atoms with E-state index >= 15 is 0 Å². The van der Waals surface area contributed by atoms with Crippen molar-refractivity contribution in [2.75, 3.05) is 32.8 Å². The first kappa shape index (κ1) is 27.9.